The highest BCUT2D eigenvalue weighted by Gasteiger charge is 2.42. The van der Waals surface area contributed by atoms with Gasteiger partial charge in [-0.15, -0.1) is 34.8 Å². The van der Waals surface area contributed by atoms with E-state index in [0.717, 1.165) is 72.9 Å². The summed E-state index contributed by atoms with van der Waals surface area (Å²) in [6, 6.07) is 64.2. The first-order chi connectivity index (χ1) is 55.0. The van der Waals surface area contributed by atoms with Crippen LogP contribution in [0.2, 0.25) is 0 Å². The third-order valence-corrected chi connectivity index (χ3v) is 18.7. The number of halogens is 3. The Morgan fingerprint density at radius 3 is 1.35 bits per heavy atom. The number of rotatable bonds is 26. The van der Waals surface area contributed by atoms with Gasteiger partial charge in [-0.3, -0.25) is 24.0 Å². The highest BCUT2D eigenvalue weighted by molar-refractivity contribution is 7.61. The minimum atomic E-state index is -1.26. The number of methoxy groups -OCH3 is 1. The van der Waals surface area contributed by atoms with Crippen LogP contribution in [0.3, 0.4) is 0 Å². The van der Waals surface area contributed by atoms with Gasteiger partial charge in [0.15, 0.2) is 5.78 Å². The van der Waals surface area contributed by atoms with E-state index < -0.39 is 62.2 Å². The van der Waals surface area contributed by atoms with Crippen LogP contribution in [0.5, 0.6) is 0 Å². The van der Waals surface area contributed by atoms with Crippen LogP contribution >= 0.6 is 43.5 Å². The molecule has 0 spiro atoms. The minimum absolute atomic E-state index is 0. The monoisotopic (exact) mass is 1640 g/mol. The van der Waals surface area contributed by atoms with Gasteiger partial charge in [0, 0.05) is 71.8 Å². The Morgan fingerprint density at radius 2 is 0.939 bits per heavy atom. The number of Topliss-reactive ketones (excluding diaryl/α,β-unsaturated/α-hetero) is 1. The molecule has 114 heavy (non-hydrogen) atoms. The van der Waals surface area contributed by atoms with E-state index in [-0.39, 0.29) is 71.8 Å². The number of benzene rings is 11. The van der Waals surface area contributed by atoms with Crippen molar-refractivity contribution in [3.63, 3.8) is 0 Å². The zero-order valence-electron chi connectivity index (χ0n) is 65.3. The van der Waals surface area contributed by atoms with Crippen LogP contribution in [-0.2, 0) is 111 Å². The van der Waals surface area contributed by atoms with Crippen molar-refractivity contribution in [1.29, 1.82) is 0 Å². The number of ether oxygens (including phenoxy) is 9. The molecule has 11 aromatic rings. The number of aryl methyl sites for hydroxylation is 2. The summed E-state index contributed by atoms with van der Waals surface area (Å²) in [5.41, 5.74) is 5.19. The van der Waals surface area contributed by atoms with Gasteiger partial charge < -0.3 is 62.8 Å². The zero-order chi connectivity index (χ0) is 82.8. The van der Waals surface area contributed by atoms with Crippen LogP contribution in [-0.4, -0.2) is 149 Å². The molecule has 0 amide bonds. The summed E-state index contributed by atoms with van der Waals surface area (Å²) >= 11 is 16.7. The van der Waals surface area contributed by atoms with Crippen molar-refractivity contribution in [2.24, 2.45) is 10.8 Å². The van der Waals surface area contributed by atoms with Gasteiger partial charge in [0.1, 0.15) is 51.4 Å². The molecule has 4 N–H and O–H groups in total. The lowest BCUT2D eigenvalue weighted by Crippen LogP contribution is -2.44. The molecule has 2 heterocycles. The van der Waals surface area contributed by atoms with E-state index in [4.69, 9.17) is 79.7 Å². The number of esters is 4. The fraction of sp³-hybridized carbons (Fsp3) is 0.360. The lowest BCUT2D eigenvalue weighted by molar-refractivity contribution is -0.168. The van der Waals surface area contributed by atoms with Crippen molar-refractivity contribution in [2.75, 3.05) is 79.0 Å². The standard InChI is InChI=1S/C21H20O.C20H18O.C15H19ClO5.C14H15ClO5.C9H9ClO.C5H10O3.C4H6O3.CH4.BH2OP/c1-22-14-3-2-5-15-8-9-18-11-10-16-6-4-7-17-12-13-19(15)21(18)20(16)17;21-13-2-1-4-14-7-8-17-10-9-15-5-3-6-16-11-12-18(14)20(17)19(15)16;1-11(18)21-10-15(2,9-17)14(19)20-8-13-5-3-12(7-16)4-6-13;1-14(8-19-13(17)20-9-14)12(16)18-7-11-4-2-10(6-15)3-5-11;10-7-9(11)6-8-4-2-1-3-5-8;1-5(7)8-4-2-3-6;5-4-6-2-1-3-7-4;;1-3-2/h4,6-13H,2-3,5,14H2,1H3;3,5-12,21H,1-2,4,13H2;3-6,17H,7-10H2,1-2H3;2-5H,6-9H2,1H3;1-5H,6-7H2;6H,2-4H2,1H3;1-3H2;1H4;2-3H/i;;;;7T;;;;. The first-order valence-electron chi connectivity index (χ1n) is 37.4. The first-order valence-corrected chi connectivity index (χ1v) is 39.3. The SMILES string of the molecule is C.CC(=O)OCC(C)(CO)C(=O)OCc1ccc(CCl)cc1.CC(=O)OCCCO.CC1(C(=O)OCc2ccc(CCl)cc2)COC(=O)OC1.COCCCCc1ccc2ccc3cccc4ccc1c2c34.O=C1OCCCO1.OCCCCc1ccc2ccc3cccc4ccc1c2c34.[3H]C(Cl)C(=O)Cc1ccccc1.[B]PO. The molecular weight excluding hydrogens is 1540 g/mol. The van der Waals surface area contributed by atoms with Gasteiger partial charge in [-0.05, 0) is 165 Å². The van der Waals surface area contributed by atoms with Crippen molar-refractivity contribution >= 4 is 158 Å². The summed E-state index contributed by atoms with van der Waals surface area (Å²) in [6.45, 7) is 7.75. The van der Waals surface area contributed by atoms with E-state index >= 15 is 0 Å². The van der Waals surface area contributed by atoms with Gasteiger partial charge in [0.25, 0.3) is 0 Å². The van der Waals surface area contributed by atoms with Crippen molar-refractivity contribution in [2.45, 2.75) is 118 Å². The van der Waals surface area contributed by atoms with Crippen LogP contribution in [0.25, 0.3) is 64.6 Å². The number of unbranched alkanes of at least 4 members (excludes halogenated alkanes) is 2. The molecule has 2 aliphatic rings. The Bertz CT molecular complexity index is 4720. The summed E-state index contributed by atoms with van der Waals surface area (Å²) in [5, 5.41) is 42.9. The molecule has 2 radical (unpaired) electrons. The summed E-state index contributed by atoms with van der Waals surface area (Å²) in [7, 11) is 5.79. The molecule has 2 aliphatic heterocycles. The summed E-state index contributed by atoms with van der Waals surface area (Å²) in [5.74, 6) is -2.41. The Kier molecular flexibility index (Phi) is 42.3. The smallest absolute Gasteiger partial charge is 0.466 e. The van der Waals surface area contributed by atoms with Crippen LogP contribution in [0.4, 0.5) is 9.59 Å². The maximum absolute atomic E-state index is 12.0. The topological polar surface area (TPSA) is 283 Å². The molecule has 2 saturated heterocycles. The Balaban J connectivity index is 0.000000245. The van der Waals surface area contributed by atoms with E-state index in [1.165, 1.54) is 103 Å². The highest BCUT2D eigenvalue weighted by Crippen LogP contribution is 2.38. The largest absolute Gasteiger partial charge is 0.508 e. The van der Waals surface area contributed by atoms with Crippen LogP contribution in [0, 0.1) is 10.8 Å². The number of hydrogen-bond donors (Lipinski definition) is 4. The fourth-order valence-electron chi connectivity index (χ4n) is 11.7. The van der Waals surface area contributed by atoms with E-state index in [1.807, 2.05) is 78.9 Å². The van der Waals surface area contributed by atoms with Gasteiger partial charge in [0.2, 0.25) is 0 Å². The van der Waals surface area contributed by atoms with Gasteiger partial charge in [-0.1, -0.05) is 195 Å². The fourth-order valence-corrected chi connectivity index (χ4v) is 12.1. The third kappa shape index (κ3) is 30.8. The zero-order valence-corrected chi connectivity index (χ0v) is 67.5. The maximum atomic E-state index is 12.0. The van der Waals surface area contributed by atoms with Crippen LogP contribution in [0.15, 0.2) is 188 Å². The lowest BCUT2D eigenvalue weighted by Gasteiger charge is -2.29. The second-order valence-corrected chi connectivity index (χ2v) is 27.8. The molecule has 3 atom stereocenters. The predicted molar refractivity (Wildman–Crippen MR) is 453 cm³/mol. The van der Waals surface area contributed by atoms with Crippen molar-refractivity contribution < 1.29 is 97.8 Å². The Morgan fingerprint density at radius 1 is 0.518 bits per heavy atom. The normalized spacial score (nSPS) is 13.4. The number of aliphatic hydroxyl groups excluding tert-OH is 3. The summed E-state index contributed by atoms with van der Waals surface area (Å²) < 4.78 is 50.1. The summed E-state index contributed by atoms with van der Waals surface area (Å²) in [6.07, 6.45) is 6.69. The number of cyclic esters (lactones) is 4. The molecule has 608 valence electrons. The average molecular weight is 1640 g/mol. The van der Waals surface area contributed by atoms with Gasteiger partial charge in [0.05, 0.1) is 33.7 Å². The molecule has 2 fully saturated rings. The van der Waals surface area contributed by atoms with Gasteiger partial charge in [-0.25, -0.2) is 9.59 Å². The minimum Gasteiger partial charge on any atom is -0.466 e. The van der Waals surface area contributed by atoms with E-state index in [2.05, 4.69) is 131 Å². The second-order valence-electron chi connectivity index (χ2n) is 26.8. The van der Waals surface area contributed by atoms with E-state index in [9.17, 15) is 38.7 Å². The van der Waals surface area contributed by atoms with E-state index in [1.54, 1.807) is 14.0 Å². The highest BCUT2D eigenvalue weighted by atomic mass is 35.5. The molecule has 11 aromatic carbocycles. The molecule has 0 aromatic heterocycles. The lowest BCUT2D eigenvalue weighted by atomic mass is 9.91. The molecule has 0 saturated carbocycles. The Labute approximate surface area is 686 Å². The van der Waals surface area contributed by atoms with Crippen LogP contribution in [0.1, 0.15) is 114 Å². The van der Waals surface area contributed by atoms with Crippen molar-refractivity contribution in [3.8, 4) is 0 Å². The Hall–Kier alpha value is -9.25. The van der Waals surface area contributed by atoms with Crippen molar-refractivity contribution in [1.82, 2.24) is 0 Å². The number of ketones is 1. The number of alkyl halides is 3. The molecule has 13 rings (SSSR count). The second kappa shape index (κ2) is 51.6. The number of carbonyl (C=O) groups is 7. The molecular formula is C89H103BCl3O20P. The van der Waals surface area contributed by atoms with Gasteiger partial charge >= 0.3 is 36.2 Å². The number of carbonyl (C=O) groups excluding carboxylic acids is 7. The van der Waals surface area contributed by atoms with Crippen molar-refractivity contribution in [3.05, 3.63) is 227 Å². The van der Waals surface area contributed by atoms with Gasteiger partial charge in [-0.2, -0.15) is 0 Å². The maximum Gasteiger partial charge on any atom is 0.508 e. The molecule has 0 bridgehead atoms. The molecule has 0 aliphatic carbocycles. The number of aliphatic hydroxyl groups is 3. The van der Waals surface area contributed by atoms with Crippen LogP contribution < -0.4 is 0 Å². The summed E-state index contributed by atoms with van der Waals surface area (Å²) in [4.78, 5) is 84.0. The average Bonchev–Trinajstić information content (AvgIpc) is 0.747. The predicted octanol–water partition coefficient (Wildman–Crippen LogP) is 17.9. The molecule has 3 unspecified atom stereocenters. The number of hydrogen-bond acceptors (Lipinski definition) is 20. The third-order valence-electron chi connectivity index (χ3n) is 17.9. The first kappa shape index (κ1) is 93.6. The molecule has 25 heteroatoms. The van der Waals surface area contributed by atoms with E-state index in [0.29, 0.717) is 38.0 Å². The molecule has 20 nitrogen and oxygen atoms in total. The quantitative estimate of drug-likeness (QED) is 0.00745.